The summed E-state index contributed by atoms with van der Waals surface area (Å²) in [6.07, 6.45) is 0. The number of hydrazine groups is 1. The molecule has 0 aromatic carbocycles. The summed E-state index contributed by atoms with van der Waals surface area (Å²) in [5, 5.41) is 2.84. The minimum Gasteiger partial charge on any atom is -0.368 e. The first kappa shape index (κ1) is 13.7. The average molecular weight is 215 g/mol. The minimum absolute atomic E-state index is 0.368. The summed E-state index contributed by atoms with van der Waals surface area (Å²) in [5.41, 5.74) is 6.73. The molecule has 0 aliphatic rings. The molecule has 0 aromatic rings. The molecular weight excluding hydrogens is 194 g/mol. The van der Waals surface area contributed by atoms with Crippen molar-refractivity contribution >= 4 is 11.9 Å². The molecule has 0 unspecified atom stereocenters. The van der Waals surface area contributed by atoms with Crippen LogP contribution in [-0.2, 0) is 4.79 Å². The number of nitrogens with two attached hydrogens (primary N) is 2. The highest BCUT2D eigenvalue weighted by molar-refractivity contribution is 5.90. The molecule has 0 radical (unpaired) electrons. The Kier molecular flexibility index (Phi) is 5.07. The Hall–Kier alpha value is -1.30. The zero-order valence-electron chi connectivity index (χ0n) is 9.79. The molecule has 0 aromatic heterocycles. The normalized spacial score (nSPS) is 12.8. The Morgan fingerprint density at radius 2 is 2.00 bits per heavy atom. The van der Waals surface area contributed by atoms with Crippen LogP contribution in [0, 0.1) is 5.92 Å². The van der Waals surface area contributed by atoms with Gasteiger partial charge in [-0.05, 0) is 19.8 Å². The first-order valence-electron chi connectivity index (χ1n) is 4.88. The minimum atomic E-state index is -0.873. The molecule has 0 saturated carbocycles. The highest BCUT2D eigenvalue weighted by atomic mass is 16.1. The Labute approximate surface area is 90.5 Å². The number of guanidine groups is 1. The van der Waals surface area contributed by atoms with Gasteiger partial charge in [-0.2, -0.15) is 0 Å². The van der Waals surface area contributed by atoms with Crippen LogP contribution in [0.1, 0.15) is 27.7 Å². The summed E-state index contributed by atoms with van der Waals surface area (Å²) in [5.74, 6) is 5.60. The maximum atomic E-state index is 11.0. The summed E-state index contributed by atoms with van der Waals surface area (Å²) in [6, 6.07) is 0. The molecule has 1 amide bonds. The number of hydrogen-bond acceptors (Lipinski definition) is 3. The van der Waals surface area contributed by atoms with Crippen molar-refractivity contribution in [2.24, 2.45) is 22.5 Å². The molecule has 0 heterocycles. The predicted octanol–water partition coefficient (Wildman–Crippen LogP) is -0.685. The first-order valence-corrected chi connectivity index (χ1v) is 4.88. The molecule has 88 valence electrons. The molecule has 6 nitrogen and oxygen atoms in total. The van der Waals surface area contributed by atoms with Crippen LogP contribution in [0.15, 0.2) is 4.99 Å². The van der Waals surface area contributed by atoms with Crippen molar-refractivity contribution in [3.05, 3.63) is 0 Å². The second-order valence-electron chi connectivity index (χ2n) is 4.34. The lowest BCUT2D eigenvalue weighted by atomic mass is 10.1. The van der Waals surface area contributed by atoms with Crippen LogP contribution in [0.4, 0.5) is 0 Å². The third kappa shape index (κ3) is 5.21. The molecule has 0 fully saturated rings. The van der Waals surface area contributed by atoms with Crippen LogP contribution in [0.2, 0.25) is 0 Å². The quantitative estimate of drug-likeness (QED) is 0.216. The van der Waals surface area contributed by atoms with Crippen LogP contribution < -0.4 is 22.3 Å². The first-order chi connectivity index (χ1) is 6.79. The Bertz CT molecular complexity index is 247. The van der Waals surface area contributed by atoms with E-state index in [-0.39, 0.29) is 0 Å². The molecule has 0 aliphatic carbocycles. The Balaban J connectivity index is 4.45. The molecule has 15 heavy (non-hydrogen) atoms. The molecular formula is C9H21N5O. The third-order valence-corrected chi connectivity index (χ3v) is 1.80. The molecule has 0 atom stereocenters. The second kappa shape index (κ2) is 5.55. The van der Waals surface area contributed by atoms with Crippen LogP contribution in [0.5, 0.6) is 0 Å². The zero-order valence-corrected chi connectivity index (χ0v) is 9.79. The van der Waals surface area contributed by atoms with E-state index in [4.69, 9.17) is 11.6 Å². The van der Waals surface area contributed by atoms with Gasteiger partial charge >= 0.3 is 0 Å². The lowest BCUT2D eigenvalue weighted by molar-refractivity contribution is -0.122. The fourth-order valence-corrected chi connectivity index (χ4v) is 0.753. The highest BCUT2D eigenvalue weighted by Gasteiger charge is 2.25. The van der Waals surface area contributed by atoms with Gasteiger partial charge in [-0.1, -0.05) is 13.8 Å². The maximum absolute atomic E-state index is 11.0. The number of carbonyl (C=O) groups excluding carboxylic acids is 1. The van der Waals surface area contributed by atoms with E-state index in [2.05, 4.69) is 15.7 Å². The molecule has 0 bridgehead atoms. The summed E-state index contributed by atoms with van der Waals surface area (Å²) in [4.78, 5) is 15.2. The van der Waals surface area contributed by atoms with Gasteiger partial charge in [0, 0.05) is 6.54 Å². The summed E-state index contributed by atoms with van der Waals surface area (Å²) in [6.45, 7) is 8.03. The van der Waals surface area contributed by atoms with Gasteiger partial charge in [0.1, 0.15) is 5.54 Å². The molecule has 0 saturated heterocycles. The molecule has 0 spiro atoms. The topological polar surface area (TPSA) is 106 Å². The summed E-state index contributed by atoms with van der Waals surface area (Å²) >= 11 is 0. The van der Waals surface area contributed by atoms with E-state index in [1.54, 1.807) is 13.8 Å². The fraction of sp³-hybridized carbons (Fsp3) is 0.778. The number of hydrogen-bond donors (Lipinski definition) is 4. The number of primary amides is 1. The largest absolute Gasteiger partial charge is 0.368 e. The number of aliphatic imine (C=N–C) groups is 1. The number of amides is 1. The number of carbonyl (C=O) groups is 1. The standard InChI is InChI=1S/C9H21N5O/c1-6(2)5-12-8(14-11)13-9(3,4)7(10)15/h6H,5,11H2,1-4H3,(H2,10,15)(H2,12,13,14). The van der Waals surface area contributed by atoms with Gasteiger partial charge in [0.2, 0.25) is 11.9 Å². The third-order valence-electron chi connectivity index (χ3n) is 1.80. The van der Waals surface area contributed by atoms with Crippen molar-refractivity contribution in [1.82, 2.24) is 10.7 Å². The van der Waals surface area contributed by atoms with E-state index in [1.807, 2.05) is 13.8 Å². The van der Waals surface area contributed by atoms with Gasteiger partial charge in [0.25, 0.3) is 0 Å². The van der Waals surface area contributed by atoms with E-state index in [0.717, 1.165) is 0 Å². The van der Waals surface area contributed by atoms with Crippen molar-refractivity contribution in [2.45, 2.75) is 33.2 Å². The van der Waals surface area contributed by atoms with Gasteiger partial charge in [-0.3, -0.25) is 15.2 Å². The van der Waals surface area contributed by atoms with Crippen LogP contribution in [0.3, 0.4) is 0 Å². The lowest BCUT2D eigenvalue weighted by Crippen LogP contribution is -2.57. The van der Waals surface area contributed by atoms with Crippen LogP contribution in [-0.4, -0.2) is 24.0 Å². The van der Waals surface area contributed by atoms with Crippen molar-refractivity contribution in [2.75, 3.05) is 6.54 Å². The van der Waals surface area contributed by atoms with Crippen LogP contribution >= 0.6 is 0 Å². The Morgan fingerprint density at radius 3 is 2.33 bits per heavy atom. The second-order valence-corrected chi connectivity index (χ2v) is 4.34. The number of nitrogens with one attached hydrogen (secondary N) is 2. The van der Waals surface area contributed by atoms with Crippen molar-refractivity contribution in [3.63, 3.8) is 0 Å². The van der Waals surface area contributed by atoms with Gasteiger partial charge in [0.05, 0.1) is 0 Å². The predicted molar refractivity (Wildman–Crippen MR) is 60.9 cm³/mol. The summed E-state index contributed by atoms with van der Waals surface area (Å²) in [7, 11) is 0. The number of rotatable bonds is 4. The fourth-order valence-electron chi connectivity index (χ4n) is 0.753. The average Bonchev–Trinajstić information content (AvgIpc) is 2.11. The SMILES string of the molecule is CC(C)CN=C(NN)NC(C)(C)C(N)=O. The van der Waals surface area contributed by atoms with Gasteiger partial charge in [0.15, 0.2) is 0 Å². The van der Waals surface area contributed by atoms with Gasteiger partial charge in [-0.25, -0.2) is 5.84 Å². The Morgan fingerprint density at radius 1 is 1.47 bits per heavy atom. The highest BCUT2D eigenvalue weighted by Crippen LogP contribution is 2.00. The van der Waals surface area contributed by atoms with E-state index >= 15 is 0 Å². The molecule has 6 N–H and O–H groups in total. The number of nitrogens with zero attached hydrogens (tertiary/aromatic N) is 1. The van der Waals surface area contributed by atoms with Crippen molar-refractivity contribution in [3.8, 4) is 0 Å². The smallest absolute Gasteiger partial charge is 0.242 e. The zero-order chi connectivity index (χ0) is 12.1. The lowest BCUT2D eigenvalue weighted by Gasteiger charge is -2.24. The van der Waals surface area contributed by atoms with Gasteiger partial charge < -0.3 is 11.1 Å². The monoisotopic (exact) mass is 215 g/mol. The molecule has 0 aliphatic heterocycles. The maximum Gasteiger partial charge on any atom is 0.242 e. The van der Waals surface area contributed by atoms with E-state index < -0.39 is 11.4 Å². The summed E-state index contributed by atoms with van der Waals surface area (Å²) < 4.78 is 0. The van der Waals surface area contributed by atoms with Gasteiger partial charge in [-0.15, -0.1) is 0 Å². The van der Waals surface area contributed by atoms with E-state index in [9.17, 15) is 4.79 Å². The van der Waals surface area contributed by atoms with E-state index in [0.29, 0.717) is 18.4 Å². The van der Waals surface area contributed by atoms with E-state index in [1.165, 1.54) is 0 Å². The molecule has 0 rings (SSSR count). The van der Waals surface area contributed by atoms with Crippen molar-refractivity contribution < 1.29 is 4.79 Å². The molecule has 6 heteroatoms. The van der Waals surface area contributed by atoms with Crippen molar-refractivity contribution in [1.29, 1.82) is 0 Å². The van der Waals surface area contributed by atoms with Crippen LogP contribution in [0.25, 0.3) is 0 Å².